The Morgan fingerprint density at radius 3 is 2.67 bits per heavy atom. The van der Waals surface area contributed by atoms with Crippen molar-refractivity contribution in [3.8, 4) is 0 Å². The fourth-order valence-electron chi connectivity index (χ4n) is 2.72. The van der Waals surface area contributed by atoms with Crippen molar-refractivity contribution in [2.24, 2.45) is 11.1 Å². The first-order valence-electron chi connectivity index (χ1n) is 7.79. The third-order valence-electron chi connectivity index (χ3n) is 3.57. The molecular weight excluding hydrogens is 286 g/mol. The highest BCUT2D eigenvalue weighted by Gasteiger charge is 2.31. The van der Waals surface area contributed by atoms with Crippen molar-refractivity contribution < 1.29 is 14.7 Å². The predicted octanol–water partition coefficient (Wildman–Crippen LogP) is 4.11. The third-order valence-corrected chi connectivity index (χ3v) is 4.66. The number of carbonyl (C=O) groups excluding carboxylic acids is 1. The van der Waals surface area contributed by atoms with E-state index in [1.54, 1.807) is 0 Å². The maximum atomic E-state index is 12.4. The van der Waals surface area contributed by atoms with Crippen molar-refractivity contribution in [3.05, 3.63) is 11.3 Å². The first-order valence-corrected chi connectivity index (χ1v) is 8.84. The molecule has 0 radical (unpaired) electrons. The molecule has 1 aliphatic carbocycles. The molecule has 1 aliphatic rings. The fourth-order valence-corrected chi connectivity index (χ4v) is 3.70. The number of rotatable bonds is 8. The zero-order chi connectivity index (χ0) is 15.8. The summed E-state index contributed by atoms with van der Waals surface area (Å²) in [6.45, 7) is 8.54. The number of thioether (sulfide) groups is 1. The number of oxime groups is 1. The minimum absolute atomic E-state index is 0.00208. The number of hydrogen-bond acceptors (Lipinski definition) is 5. The van der Waals surface area contributed by atoms with Gasteiger partial charge in [0.15, 0.2) is 5.78 Å². The SMILES string of the molecule is CCON=C(CC)C1=C(O)CC(CC(C)SCC)CC1=O. The number of nitrogens with zero attached hydrogens (tertiary/aromatic N) is 1. The van der Waals surface area contributed by atoms with Gasteiger partial charge in [0.2, 0.25) is 0 Å². The Labute approximate surface area is 132 Å². The van der Waals surface area contributed by atoms with Gasteiger partial charge >= 0.3 is 0 Å². The van der Waals surface area contributed by atoms with Crippen molar-refractivity contribution in [1.29, 1.82) is 0 Å². The summed E-state index contributed by atoms with van der Waals surface area (Å²) < 4.78 is 0. The Hall–Kier alpha value is -0.970. The van der Waals surface area contributed by atoms with E-state index < -0.39 is 0 Å². The Morgan fingerprint density at radius 2 is 2.14 bits per heavy atom. The molecular formula is C16H27NO3S. The lowest BCUT2D eigenvalue weighted by Crippen LogP contribution is -2.26. The lowest BCUT2D eigenvalue weighted by Gasteiger charge is -2.25. The van der Waals surface area contributed by atoms with Crippen LogP contribution < -0.4 is 0 Å². The van der Waals surface area contributed by atoms with E-state index in [2.05, 4.69) is 19.0 Å². The van der Waals surface area contributed by atoms with E-state index in [4.69, 9.17) is 4.84 Å². The van der Waals surface area contributed by atoms with Crippen LogP contribution in [0.3, 0.4) is 0 Å². The molecule has 1 rings (SSSR count). The Bertz CT molecular complexity index is 418. The highest BCUT2D eigenvalue weighted by atomic mass is 32.2. The van der Waals surface area contributed by atoms with Crippen molar-refractivity contribution in [2.45, 2.75) is 58.6 Å². The molecule has 120 valence electrons. The first-order chi connectivity index (χ1) is 10.0. The molecule has 0 aromatic rings. The molecule has 0 saturated carbocycles. The molecule has 4 nitrogen and oxygen atoms in total. The average molecular weight is 313 g/mol. The van der Waals surface area contributed by atoms with Gasteiger partial charge in [0, 0.05) is 18.1 Å². The number of hydrogen-bond donors (Lipinski definition) is 1. The smallest absolute Gasteiger partial charge is 0.168 e. The maximum absolute atomic E-state index is 12.4. The molecule has 5 heteroatoms. The molecule has 0 amide bonds. The highest BCUT2D eigenvalue weighted by Crippen LogP contribution is 2.32. The number of Topliss-reactive ketones (excluding diaryl/α,β-unsaturated/α-hetero) is 1. The van der Waals surface area contributed by atoms with Gasteiger partial charge in [-0.15, -0.1) is 0 Å². The van der Waals surface area contributed by atoms with Gasteiger partial charge in [-0.25, -0.2) is 0 Å². The van der Waals surface area contributed by atoms with E-state index in [-0.39, 0.29) is 17.5 Å². The zero-order valence-electron chi connectivity index (χ0n) is 13.5. The van der Waals surface area contributed by atoms with Crippen molar-refractivity contribution in [2.75, 3.05) is 12.4 Å². The number of ketones is 1. The van der Waals surface area contributed by atoms with E-state index in [1.165, 1.54) is 0 Å². The predicted molar refractivity (Wildman–Crippen MR) is 88.9 cm³/mol. The lowest BCUT2D eigenvalue weighted by molar-refractivity contribution is -0.116. The summed E-state index contributed by atoms with van der Waals surface area (Å²) in [6.07, 6.45) is 2.61. The third kappa shape index (κ3) is 5.38. The summed E-state index contributed by atoms with van der Waals surface area (Å²) in [5.74, 6) is 1.50. The second kappa shape index (κ2) is 9.13. The van der Waals surface area contributed by atoms with Crippen LogP contribution >= 0.6 is 11.8 Å². The molecule has 2 unspecified atom stereocenters. The Balaban J connectivity index is 2.82. The number of aliphatic hydroxyl groups is 1. The molecule has 0 aromatic heterocycles. The number of carbonyl (C=O) groups is 1. The van der Waals surface area contributed by atoms with Crippen LogP contribution in [0.5, 0.6) is 0 Å². The Kier molecular flexibility index (Phi) is 7.86. The molecule has 21 heavy (non-hydrogen) atoms. The maximum Gasteiger partial charge on any atom is 0.168 e. The van der Waals surface area contributed by atoms with Crippen molar-refractivity contribution in [1.82, 2.24) is 0 Å². The second-order valence-corrected chi connectivity index (χ2v) is 7.05. The standard InChI is InChI=1S/C16H27NO3S/c1-5-13(17-20-6-2)16-14(18)9-12(10-15(16)19)8-11(4)21-7-3/h11-12,18H,5-10H2,1-4H3. The molecule has 0 aromatic carbocycles. The van der Waals surface area contributed by atoms with Crippen LogP contribution in [-0.2, 0) is 9.63 Å². The van der Waals surface area contributed by atoms with Crippen LogP contribution in [0.25, 0.3) is 0 Å². The van der Waals surface area contributed by atoms with E-state index in [1.807, 2.05) is 25.6 Å². The van der Waals surface area contributed by atoms with Crippen LogP contribution in [0.2, 0.25) is 0 Å². The van der Waals surface area contributed by atoms with Crippen LogP contribution in [0.15, 0.2) is 16.5 Å². The van der Waals surface area contributed by atoms with Gasteiger partial charge in [-0.1, -0.05) is 25.9 Å². The summed E-state index contributed by atoms with van der Waals surface area (Å²) in [5.41, 5.74) is 0.951. The molecule has 0 fully saturated rings. The van der Waals surface area contributed by atoms with Crippen molar-refractivity contribution >= 4 is 23.3 Å². The highest BCUT2D eigenvalue weighted by molar-refractivity contribution is 7.99. The van der Waals surface area contributed by atoms with E-state index in [0.29, 0.717) is 42.4 Å². The van der Waals surface area contributed by atoms with Gasteiger partial charge in [-0.2, -0.15) is 11.8 Å². The average Bonchev–Trinajstić information content (AvgIpc) is 2.41. The molecule has 0 aliphatic heterocycles. The van der Waals surface area contributed by atoms with Gasteiger partial charge in [-0.3, -0.25) is 4.79 Å². The summed E-state index contributed by atoms with van der Waals surface area (Å²) in [6, 6.07) is 0. The molecule has 0 saturated heterocycles. The van der Waals surface area contributed by atoms with Gasteiger partial charge in [0.25, 0.3) is 0 Å². The molecule has 0 heterocycles. The number of aliphatic hydroxyl groups excluding tert-OH is 1. The summed E-state index contributed by atoms with van der Waals surface area (Å²) in [7, 11) is 0. The quantitative estimate of drug-likeness (QED) is 0.541. The van der Waals surface area contributed by atoms with E-state index in [0.717, 1.165) is 12.2 Å². The van der Waals surface area contributed by atoms with Gasteiger partial charge in [0.05, 0.1) is 11.3 Å². The summed E-state index contributed by atoms with van der Waals surface area (Å²) in [5, 5.41) is 14.8. The minimum Gasteiger partial charge on any atom is -0.511 e. The normalized spacial score (nSPS) is 21.6. The number of allylic oxidation sites excluding steroid dienone is 2. The fraction of sp³-hybridized carbons (Fsp3) is 0.750. The van der Waals surface area contributed by atoms with Crippen LogP contribution in [0.4, 0.5) is 0 Å². The van der Waals surface area contributed by atoms with Gasteiger partial charge < -0.3 is 9.94 Å². The Morgan fingerprint density at radius 1 is 1.43 bits per heavy atom. The monoisotopic (exact) mass is 313 g/mol. The lowest BCUT2D eigenvalue weighted by atomic mass is 9.82. The first kappa shape index (κ1) is 18.1. The van der Waals surface area contributed by atoms with E-state index in [9.17, 15) is 9.90 Å². The van der Waals surface area contributed by atoms with Crippen LogP contribution in [0.1, 0.15) is 53.4 Å². The van der Waals surface area contributed by atoms with Crippen LogP contribution in [0, 0.1) is 5.92 Å². The largest absolute Gasteiger partial charge is 0.511 e. The topological polar surface area (TPSA) is 58.9 Å². The van der Waals surface area contributed by atoms with Gasteiger partial charge in [-0.05, 0) is 31.4 Å². The molecule has 0 spiro atoms. The minimum atomic E-state index is -0.00208. The molecule has 1 N–H and O–H groups in total. The van der Waals surface area contributed by atoms with Crippen molar-refractivity contribution in [3.63, 3.8) is 0 Å². The van der Waals surface area contributed by atoms with Crippen LogP contribution in [-0.4, -0.2) is 34.2 Å². The summed E-state index contributed by atoms with van der Waals surface area (Å²) in [4.78, 5) is 17.4. The van der Waals surface area contributed by atoms with Gasteiger partial charge in [0.1, 0.15) is 12.4 Å². The molecule has 2 atom stereocenters. The van der Waals surface area contributed by atoms with E-state index >= 15 is 0 Å². The summed E-state index contributed by atoms with van der Waals surface area (Å²) >= 11 is 1.90. The molecule has 0 bridgehead atoms. The zero-order valence-corrected chi connectivity index (χ0v) is 14.3. The second-order valence-electron chi connectivity index (χ2n) is 5.33.